The van der Waals surface area contributed by atoms with E-state index in [1.165, 1.54) is 11.1 Å². The fourth-order valence-electron chi connectivity index (χ4n) is 7.34. The second-order valence-corrected chi connectivity index (χ2v) is 14.3. The largest absolute Gasteiger partial charge is 0.497 e. The maximum atomic E-state index is 6.99. The minimum Gasteiger partial charge on any atom is -0.497 e. The molecule has 3 aromatic heterocycles. The number of aromatic nitrogens is 4. The molecule has 0 amide bonds. The molecule has 0 spiro atoms. The predicted molar refractivity (Wildman–Crippen MR) is 204 cm³/mol. The van der Waals surface area contributed by atoms with Gasteiger partial charge in [0, 0.05) is 36.3 Å². The van der Waals surface area contributed by atoms with Crippen LogP contribution in [0.25, 0.3) is 21.9 Å². The SMILES string of the molecule is COc1ccc(CN(Cc2ccc(OC)cc2)c2nc3cc(CCC4=C[C@@H](n5ccc6cnc(N)nc65)[C@@H]5OC(C)(C)O[C@H]45)ccc3cc2Cl)cc1. The Morgan fingerprint density at radius 2 is 1.50 bits per heavy atom. The highest BCUT2D eigenvalue weighted by atomic mass is 35.5. The van der Waals surface area contributed by atoms with Crippen molar-refractivity contribution in [1.82, 2.24) is 19.5 Å². The van der Waals surface area contributed by atoms with E-state index >= 15 is 0 Å². The minimum atomic E-state index is -0.698. The molecule has 52 heavy (non-hydrogen) atoms. The van der Waals surface area contributed by atoms with Crippen molar-refractivity contribution >= 4 is 45.3 Å². The molecule has 2 aliphatic rings. The van der Waals surface area contributed by atoms with Gasteiger partial charge in [0.2, 0.25) is 5.95 Å². The molecular weight excluding hydrogens is 676 g/mol. The zero-order valence-corrected chi connectivity index (χ0v) is 30.4. The number of fused-ring (bicyclic) bond motifs is 3. The summed E-state index contributed by atoms with van der Waals surface area (Å²) >= 11 is 6.99. The lowest BCUT2D eigenvalue weighted by Gasteiger charge is -2.26. The number of pyridine rings is 1. The zero-order chi connectivity index (χ0) is 36.0. The third kappa shape index (κ3) is 6.77. The summed E-state index contributed by atoms with van der Waals surface area (Å²) in [7, 11) is 3.34. The number of hydrogen-bond acceptors (Lipinski definition) is 9. The summed E-state index contributed by atoms with van der Waals surface area (Å²) in [6.45, 7) is 5.16. The molecule has 4 heterocycles. The van der Waals surface area contributed by atoms with Crippen LogP contribution in [-0.4, -0.2) is 51.7 Å². The van der Waals surface area contributed by atoms with Gasteiger partial charge < -0.3 is 34.1 Å². The first-order chi connectivity index (χ1) is 25.2. The number of halogens is 1. The van der Waals surface area contributed by atoms with Gasteiger partial charge in [-0.2, -0.15) is 4.98 Å². The van der Waals surface area contributed by atoms with E-state index in [4.69, 9.17) is 41.3 Å². The summed E-state index contributed by atoms with van der Waals surface area (Å²) in [6.07, 6.45) is 7.33. The minimum absolute atomic E-state index is 0.0843. The average molecular weight is 717 g/mol. The maximum Gasteiger partial charge on any atom is 0.221 e. The summed E-state index contributed by atoms with van der Waals surface area (Å²) in [4.78, 5) is 16.1. The Bertz CT molecular complexity index is 2220. The Labute approximate surface area is 307 Å². The van der Waals surface area contributed by atoms with E-state index in [1.807, 2.05) is 56.4 Å². The quantitative estimate of drug-likeness (QED) is 0.133. The van der Waals surface area contributed by atoms with Gasteiger partial charge in [0.25, 0.3) is 0 Å². The lowest BCUT2D eigenvalue weighted by molar-refractivity contribution is -0.147. The van der Waals surface area contributed by atoms with Crippen LogP contribution in [0.3, 0.4) is 0 Å². The molecule has 1 aliphatic heterocycles. The van der Waals surface area contributed by atoms with Gasteiger partial charge in [-0.1, -0.05) is 54.1 Å². The van der Waals surface area contributed by atoms with Crippen LogP contribution >= 0.6 is 11.6 Å². The molecule has 0 bridgehead atoms. The first-order valence-corrected chi connectivity index (χ1v) is 17.8. The summed E-state index contributed by atoms with van der Waals surface area (Å²) in [5.74, 6) is 1.90. The van der Waals surface area contributed by atoms with Crippen molar-refractivity contribution in [2.45, 2.75) is 63.8 Å². The molecule has 3 aromatic carbocycles. The van der Waals surface area contributed by atoms with Crippen LogP contribution in [0, 0.1) is 0 Å². The Morgan fingerprint density at radius 1 is 0.827 bits per heavy atom. The van der Waals surface area contributed by atoms with Crippen molar-refractivity contribution < 1.29 is 18.9 Å². The van der Waals surface area contributed by atoms with E-state index in [-0.39, 0.29) is 24.2 Å². The molecule has 6 aromatic rings. The lowest BCUT2D eigenvalue weighted by Crippen LogP contribution is -2.28. The maximum absolute atomic E-state index is 6.99. The summed E-state index contributed by atoms with van der Waals surface area (Å²) in [6, 6.07) is 26.6. The Morgan fingerprint density at radius 3 is 2.17 bits per heavy atom. The van der Waals surface area contributed by atoms with Crippen LogP contribution in [0.1, 0.15) is 43.0 Å². The summed E-state index contributed by atoms with van der Waals surface area (Å²) < 4.78 is 25.9. The Hall–Kier alpha value is -5.16. The smallest absolute Gasteiger partial charge is 0.221 e. The van der Waals surface area contributed by atoms with Gasteiger partial charge in [-0.05, 0) is 91.4 Å². The number of nitrogens with zero attached hydrogens (tertiary/aromatic N) is 5. The Kier molecular flexibility index (Phi) is 8.99. The fraction of sp³-hybridized carbons (Fsp3) is 0.293. The van der Waals surface area contributed by atoms with Gasteiger partial charge in [0.1, 0.15) is 35.2 Å². The highest BCUT2D eigenvalue weighted by Gasteiger charge is 2.50. The monoisotopic (exact) mass is 716 g/mol. The number of nitrogen functional groups attached to an aromatic ring is 1. The molecule has 8 rings (SSSR count). The van der Waals surface area contributed by atoms with Crippen LogP contribution in [0.15, 0.2) is 103 Å². The average Bonchev–Trinajstić information content (AvgIpc) is 3.80. The normalized spacial score (nSPS) is 19.2. The van der Waals surface area contributed by atoms with Crippen molar-refractivity contribution in [3.63, 3.8) is 0 Å². The van der Waals surface area contributed by atoms with E-state index in [2.05, 4.69) is 68.0 Å². The van der Waals surface area contributed by atoms with E-state index < -0.39 is 5.79 Å². The molecule has 1 saturated heterocycles. The topological polar surface area (TPSA) is 110 Å². The lowest BCUT2D eigenvalue weighted by atomic mass is 10.0. The summed E-state index contributed by atoms with van der Waals surface area (Å²) in [5, 5.41) is 2.52. The van der Waals surface area contributed by atoms with E-state index in [9.17, 15) is 0 Å². The molecule has 2 N–H and O–H groups in total. The van der Waals surface area contributed by atoms with Crippen LogP contribution in [0.2, 0.25) is 5.02 Å². The number of hydrogen-bond donors (Lipinski definition) is 1. The summed E-state index contributed by atoms with van der Waals surface area (Å²) in [5.41, 5.74) is 12.3. The number of aryl methyl sites for hydroxylation is 1. The van der Waals surface area contributed by atoms with Crippen LogP contribution < -0.4 is 20.1 Å². The van der Waals surface area contributed by atoms with Crippen LogP contribution in [0.4, 0.5) is 11.8 Å². The molecule has 11 heteroatoms. The van der Waals surface area contributed by atoms with Gasteiger partial charge in [0.05, 0.1) is 30.8 Å². The second kappa shape index (κ2) is 13.8. The number of benzene rings is 3. The van der Waals surface area contributed by atoms with Gasteiger partial charge in [-0.3, -0.25) is 0 Å². The number of rotatable bonds is 11. The van der Waals surface area contributed by atoms with E-state index in [0.717, 1.165) is 63.2 Å². The van der Waals surface area contributed by atoms with Gasteiger partial charge >= 0.3 is 0 Å². The molecule has 1 aliphatic carbocycles. The number of ether oxygens (including phenoxy) is 4. The number of nitrogens with two attached hydrogens (primary N) is 1. The molecular formula is C41H41ClN6O4. The van der Waals surface area contributed by atoms with Crippen LogP contribution in [0.5, 0.6) is 11.5 Å². The van der Waals surface area contributed by atoms with Gasteiger partial charge in [0.15, 0.2) is 5.79 Å². The molecule has 266 valence electrons. The molecule has 0 unspecified atom stereocenters. The molecule has 0 radical (unpaired) electrons. The molecule has 10 nitrogen and oxygen atoms in total. The first-order valence-electron chi connectivity index (χ1n) is 17.4. The van der Waals surface area contributed by atoms with Crippen molar-refractivity contribution in [3.05, 3.63) is 125 Å². The van der Waals surface area contributed by atoms with Crippen LogP contribution in [-0.2, 0) is 29.0 Å². The van der Waals surface area contributed by atoms with Crippen molar-refractivity contribution in [2.24, 2.45) is 0 Å². The van der Waals surface area contributed by atoms with E-state index in [0.29, 0.717) is 18.1 Å². The van der Waals surface area contributed by atoms with Gasteiger partial charge in [-0.15, -0.1) is 0 Å². The van der Waals surface area contributed by atoms with E-state index in [1.54, 1.807) is 20.4 Å². The molecule has 1 fully saturated rings. The van der Waals surface area contributed by atoms with Crippen molar-refractivity contribution in [1.29, 1.82) is 0 Å². The number of methoxy groups -OCH3 is 2. The molecule has 0 saturated carbocycles. The third-order valence-electron chi connectivity index (χ3n) is 9.89. The standard InChI is InChI=1S/C41H41ClN6O4/c1-41(2)51-36-29(21-35(37(36)52-41)48-18-17-30-22-44-40(43)46-38(30)48)12-6-25-5-11-28-20-33(42)39(45-34(28)19-25)47(23-26-7-13-31(49-3)14-8-26)24-27-9-15-32(50-4)16-10-27/h5,7-11,13-22,35-37H,6,12,23-24H2,1-4H3,(H2,43,44,46)/t35-,36-,37+/m1/s1. The Balaban J connectivity index is 1.07. The van der Waals surface area contributed by atoms with Crippen molar-refractivity contribution in [2.75, 3.05) is 24.9 Å². The molecule has 3 atom stereocenters. The fourth-order valence-corrected chi connectivity index (χ4v) is 7.62. The van der Waals surface area contributed by atoms with Crippen molar-refractivity contribution in [3.8, 4) is 11.5 Å². The highest BCUT2D eigenvalue weighted by molar-refractivity contribution is 6.33. The number of anilines is 2. The zero-order valence-electron chi connectivity index (χ0n) is 29.6. The third-order valence-corrected chi connectivity index (χ3v) is 10.2. The first kappa shape index (κ1) is 34.0. The second-order valence-electron chi connectivity index (χ2n) is 13.9. The highest BCUT2D eigenvalue weighted by Crippen LogP contribution is 2.45. The predicted octanol–water partition coefficient (Wildman–Crippen LogP) is 8.07. The van der Waals surface area contributed by atoms with Gasteiger partial charge in [-0.25, -0.2) is 9.97 Å².